The number of hydrogen-bond acceptors (Lipinski definition) is 8. The number of aliphatic hydroxyl groups is 2. The van der Waals surface area contributed by atoms with Crippen LogP contribution in [0.5, 0.6) is 0 Å². The van der Waals surface area contributed by atoms with Crippen LogP contribution in [0.25, 0.3) is 0 Å². The lowest BCUT2D eigenvalue weighted by atomic mass is 9.92. The van der Waals surface area contributed by atoms with Crippen LogP contribution in [0.2, 0.25) is 0 Å². The zero-order chi connectivity index (χ0) is 18.4. The molecular weight excluding hydrogens is 308 g/mol. The third-order valence-electron chi connectivity index (χ3n) is 2.50. The quantitative estimate of drug-likeness (QED) is 0.481. The number of ether oxygens (including phenoxy) is 3. The summed E-state index contributed by atoms with van der Waals surface area (Å²) >= 11 is 0. The fourth-order valence-electron chi connectivity index (χ4n) is 1.61. The highest BCUT2D eigenvalue weighted by Gasteiger charge is 2.52. The van der Waals surface area contributed by atoms with Crippen LogP contribution in [0.15, 0.2) is 0 Å². The van der Waals surface area contributed by atoms with Gasteiger partial charge in [0.25, 0.3) is 0 Å². The van der Waals surface area contributed by atoms with Crippen LogP contribution >= 0.6 is 0 Å². The van der Waals surface area contributed by atoms with Gasteiger partial charge in [0.05, 0.1) is 24.7 Å². The summed E-state index contributed by atoms with van der Waals surface area (Å²) in [7, 11) is 0. The summed E-state index contributed by atoms with van der Waals surface area (Å²) in [6, 6.07) is 0. The summed E-state index contributed by atoms with van der Waals surface area (Å²) < 4.78 is 14.4. The Balaban J connectivity index is 5.39. The predicted octanol–water partition coefficient (Wildman–Crippen LogP) is 0.323. The summed E-state index contributed by atoms with van der Waals surface area (Å²) in [5.41, 5.74) is -2.79. The van der Waals surface area contributed by atoms with E-state index < -0.39 is 54.3 Å². The summed E-state index contributed by atoms with van der Waals surface area (Å²) in [6.45, 7) is 9.25. The lowest BCUT2D eigenvalue weighted by Crippen LogP contribution is -2.56. The number of carbonyl (C=O) groups excluding carboxylic acids is 3. The SMILES string of the molecule is CC(C)OC(=O)C[C@@](O)(C(=O)OC(C)C)[C@@H](O)C(=O)OC(C)C. The first-order chi connectivity index (χ1) is 10.4. The van der Waals surface area contributed by atoms with Crippen molar-refractivity contribution in [1.82, 2.24) is 0 Å². The molecule has 23 heavy (non-hydrogen) atoms. The summed E-state index contributed by atoms with van der Waals surface area (Å²) in [5, 5.41) is 20.5. The van der Waals surface area contributed by atoms with Gasteiger partial charge in [0.2, 0.25) is 5.60 Å². The molecule has 0 fully saturated rings. The van der Waals surface area contributed by atoms with E-state index >= 15 is 0 Å². The Morgan fingerprint density at radius 2 is 1.30 bits per heavy atom. The van der Waals surface area contributed by atoms with E-state index in [1.54, 1.807) is 13.8 Å². The molecule has 2 atom stereocenters. The second kappa shape index (κ2) is 8.83. The molecule has 8 nitrogen and oxygen atoms in total. The van der Waals surface area contributed by atoms with Gasteiger partial charge in [-0.15, -0.1) is 0 Å². The van der Waals surface area contributed by atoms with Gasteiger partial charge in [0, 0.05) is 0 Å². The van der Waals surface area contributed by atoms with Gasteiger partial charge >= 0.3 is 17.9 Å². The Morgan fingerprint density at radius 1 is 0.870 bits per heavy atom. The Bertz CT molecular complexity index is 429. The zero-order valence-electron chi connectivity index (χ0n) is 14.4. The fraction of sp³-hybridized carbons (Fsp3) is 0.800. The van der Waals surface area contributed by atoms with Crippen LogP contribution < -0.4 is 0 Å². The second-order valence-electron chi connectivity index (χ2n) is 5.98. The molecule has 0 aliphatic carbocycles. The molecule has 0 aromatic heterocycles. The largest absolute Gasteiger partial charge is 0.463 e. The summed E-state index contributed by atoms with van der Waals surface area (Å²) in [5.74, 6) is -3.50. The van der Waals surface area contributed by atoms with Crippen LogP contribution in [0.3, 0.4) is 0 Å². The molecule has 0 saturated heterocycles. The van der Waals surface area contributed by atoms with Crippen molar-refractivity contribution in [3.05, 3.63) is 0 Å². The first-order valence-electron chi connectivity index (χ1n) is 7.41. The molecule has 0 aromatic carbocycles. The predicted molar refractivity (Wildman–Crippen MR) is 79.3 cm³/mol. The van der Waals surface area contributed by atoms with Crippen LogP contribution in [0.4, 0.5) is 0 Å². The molecule has 0 unspecified atom stereocenters. The van der Waals surface area contributed by atoms with Gasteiger partial charge in [0.15, 0.2) is 6.10 Å². The third-order valence-corrected chi connectivity index (χ3v) is 2.50. The average molecular weight is 334 g/mol. The van der Waals surface area contributed by atoms with Crippen LogP contribution in [0.1, 0.15) is 48.0 Å². The normalized spacial score (nSPS) is 15.3. The number of aliphatic hydroxyl groups excluding tert-OH is 1. The molecule has 0 bridgehead atoms. The number of esters is 3. The maximum atomic E-state index is 12.1. The molecule has 2 N–H and O–H groups in total. The maximum Gasteiger partial charge on any atom is 0.342 e. The molecule has 0 saturated carbocycles. The Hall–Kier alpha value is -1.67. The minimum Gasteiger partial charge on any atom is -0.463 e. The molecule has 0 spiro atoms. The molecular formula is C15H26O8. The number of hydrogen-bond donors (Lipinski definition) is 2. The van der Waals surface area contributed by atoms with Gasteiger partial charge in [0.1, 0.15) is 0 Å². The topological polar surface area (TPSA) is 119 Å². The monoisotopic (exact) mass is 334 g/mol. The minimum absolute atomic E-state index is 0.493. The minimum atomic E-state index is -2.79. The van der Waals surface area contributed by atoms with E-state index in [0.717, 1.165) is 0 Å². The van der Waals surface area contributed by atoms with E-state index in [1.165, 1.54) is 27.7 Å². The molecule has 8 heteroatoms. The van der Waals surface area contributed by atoms with Gasteiger partial charge in [-0.3, -0.25) is 4.79 Å². The van der Waals surface area contributed by atoms with E-state index in [9.17, 15) is 24.6 Å². The first-order valence-corrected chi connectivity index (χ1v) is 7.41. The van der Waals surface area contributed by atoms with Gasteiger partial charge < -0.3 is 24.4 Å². The lowest BCUT2D eigenvalue weighted by molar-refractivity contribution is -0.199. The molecule has 0 radical (unpaired) electrons. The zero-order valence-corrected chi connectivity index (χ0v) is 14.4. The summed E-state index contributed by atoms with van der Waals surface area (Å²) in [4.78, 5) is 35.6. The van der Waals surface area contributed by atoms with Gasteiger partial charge in [-0.2, -0.15) is 0 Å². The van der Waals surface area contributed by atoms with Crippen molar-refractivity contribution in [1.29, 1.82) is 0 Å². The van der Waals surface area contributed by atoms with E-state index in [0.29, 0.717) is 0 Å². The highest BCUT2D eigenvalue weighted by Crippen LogP contribution is 2.22. The second-order valence-corrected chi connectivity index (χ2v) is 5.98. The Kier molecular flexibility index (Phi) is 8.19. The van der Waals surface area contributed by atoms with Crippen molar-refractivity contribution in [2.75, 3.05) is 0 Å². The van der Waals surface area contributed by atoms with E-state index in [-0.39, 0.29) is 0 Å². The van der Waals surface area contributed by atoms with Crippen molar-refractivity contribution in [3.8, 4) is 0 Å². The van der Waals surface area contributed by atoms with Crippen LogP contribution in [-0.2, 0) is 28.6 Å². The van der Waals surface area contributed by atoms with E-state index in [4.69, 9.17) is 14.2 Å². The van der Waals surface area contributed by atoms with Crippen LogP contribution in [0, 0.1) is 0 Å². The van der Waals surface area contributed by atoms with Crippen molar-refractivity contribution < 1.29 is 38.8 Å². The molecule has 0 aliphatic heterocycles. The molecule has 0 rings (SSSR count). The maximum absolute atomic E-state index is 12.1. The molecule has 0 amide bonds. The van der Waals surface area contributed by atoms with Crippen LogP contribution in [-0.4, -0.2) is 58.1 Å². The smallest absolute Gasteiger partial charge is 0.342 e. The molecule has 0 heterocycles. The fourth-order valence-corrected chi connectivity index (χ4v) is 1.61. The third kappa shape index (κ3) is 6.96. The highest BCUT2D eigenvalue weighted by atomic mass is 16.6. The average Bonchev–Trinajstić information content (AvgIpc) is 2.34. The van der Waals surface area contributed by atoms with Gasteiger partial charge in [-0.05, 0) is 41.5 Å². The summed E-state index contributed by atoms with van der Waals surface area (Å²) in [6.07, 6.45) is -4.91. The molecule has 134 valence electrons. The molecule has 0 aliphatic rings. The first kappa shape index (κ1) is 21.3. The Morgan fingerprint density at radius 3 is 1.70 bits per heavy atom. The van der Waals surface area contributed by atoms with E-state index in [1.807, 2.05) is 0 Å². The van der Waals surface area contributed by atoms with Crippen molar-refractivity contribution >= 4 is 17.9 Å². The highest BCUT2D eigenvalue weighted by molar-refractivity contribution is 5.92. The Labute approximate surface area is 135 Å². The van der Waals surface area contributed by atoms with Gasteiger partial charge in [-0.25, -0.2) is 9.59 Å². The standard InChI is InChI=1S/C15H26O8/c1-8(2)21-11(16)7-15(20,14(19)23-10(5)6)12(17)13(18)22-9(3)4/h8-10,12,17,20H,7H2,1-6H3/t12-,15-/m0/s1. The van der Waals surface area contributed by atoms with Gasteiger partial charge in [-0.1, -0.05) is 0 Å². The number of rotatable bonds is 8. The van der Waals surface area contributed by atoms with E-state index in [2.05, 4.69) is 0 Å². The van der Waals surface area contributed by atoms with Crippen molar-refractivity contribution in [3.63, 3.8) is 0 Å². The van der Waals surface area contributed by atoms with Crippen molar-refractivity contribution in [2.45, 2.75) is 78.0 Å². The van der Waals surface area contributed by atoms with Crippen molar-refractivity contribution in [2.24, 2.45) is 0 Å². The lowest BCUT2D eigenvalue weighted by Gasteiger charge is -2.30. The molecule has 0 aromatic rings. The number of carbonyl (C=O) groups is 3.